The molecule has 0 aromatic carbocycles. The van der Waals surface area contributed by atoms with E-state index in [1.807, 2.05) is 33.3 Å². The van der Waals surface area contributed by atoms with Crippen molar-refractivity contribution in [3.05, 3.63) is 60.8 Å². The quantitative estimate of drug-likeness (QED) is 0.0212. The number of carbonyl (C=O) groups excluding carboxylic acids is 2. The van der Waals surface area contributed by atoms with Gasteiger partial charge in [-0.1, -0.05) is 268 Å². The predicted molar refractivity (Wildman–Crippen MR) is 339 cm³/mol. The Morgan fingerprint density at radius 1 is 0.443 bits per heavy atom. The van der Waals surface area contributed by atoms with E-state index >= 15 is 0 Å². The molecule has 462 valence electrons. The third-order valence-electron chi connectivity index (χ3n) is 14.9. The molecule has 0 aromatic rings. The Labute approximate surface area is 490 Å². The van der Waals surface area contributed by atoms with Crippen molar-refractivity contribution in [1.82, 2.24) is 5.32 Å². The average Bonchev–Trinajstić information content (AvgIpc) is 3.41. The maximum Gasteiger partial charge on any atom is 0.306 e. The maximum atomic E-state index is 13.6. The van der Waals surface area contributed by atoms with E-state index in [1.54, 1.807) is 0 Å². The van der Waals surface area contributed by atoms with Gasteiger partial charge >= 0.3 is 5.97 Å². The Morgan fingerprint density at radius 2 is 0.772 bits per heavy atom. The molecule has 79 heavy (non-hydrogen) atoms. The summed E-state index contributed by atoms with van der Waals surface area (Å²) < 4.78 is 30.4. The van der Waals surface area contributed by atoms with E-state index in [2.05, 4.69) is 74.7 Å². The van der Waals surface area contributed by atoms with Crippen LogP contribution >= 0.6 is 7.82 Å². The number of likely N-dealkylation sites (N-methyl/N-ethyl adjacent to an activating group) is 1. The minimum absolute atomic E-state index is 0.0234. The molecule has 3 unspecified atom stereocenters. The molecule has 10 heteroatoms. The summed E-state index contributed by atoms with van der Waals surface area (Å²) in [4.78, 5) is 40.1. The van der Waals surface area contributed by atoms with Crippen molar-refractivity contribution < 1.29 is 37.3 Å². The molecule has 0 aliphatic heterocycles. The van der Waals surface area contributed by atoms with Crippen molar-refractivity contribution in [2.24, 2.45) is 0 Å². The summed E-state index contributed by atoms with van der Waals surface area (Å²) in [7, 11) is 1.19. The summed E-state index contributed by atoms with van der Waals surface area (Å²) in [6.45, 7) is 6.82. The van der Waals surface area contributed by atoms with E-state index in [1.165, 1.54) is 212 Å². The molecule has 0 fully saturated rings. The monoisotopic (exact) mass is 1130 g/mol. The van der Waals surface area contributed by atoms with E-state index in [9.17, 15) is 19.0 Å². The number of hydrogen-bond donors (Lipinski definition) is 1. The largest absolute Gasteiger partial charge is 0.756 e. The van der Waals surface area contributed by atoms with Gasteiger partial charge in [0, 0.05) is 12.8 Å². The molecule has 0 spiro atoms. The lowest BCUT2D eigenvalue weighted by Gasteiger charge is -2.30. The van der Waals surface area contributed by atoms with Gasteiger partial charge in [0.1, 0.15) is 19.3 Å². The van der Waals surface area contributed by atoms with Crippen LogP contribution in [0.15, 0.2) is 60.8 Å². The topological polar surface area (TPSA) is 114 Å². The summed E-state index contributed by atoms with van der Waals surface area (Å²) in [6.07, 6.45) is 74.7. The minimum Gasteiger partial charge on any atom is -0.756 e. The normalized spacial score (nSPS) is 14.0. The van der Waals surface area contributed by atoms with Crippen molar-refractivity contribution in [2.45, 2.75) is 328 Å². The Hall–Kier alpha value is -2.29. The minimum atomic E-state index is -4.70. The molecule has 9 nitrogen and oxygen atoms in total. The van der Waals surface area contributed by atoms with Crippen LogP contribution in [0.2, 0.25) is 0 Å². The first kappa shape index (κ1) is 76.7. The van der Waals surface area contributed by atoms with Crippen LogP contribution in [0.3, 0.4) is 0 Å². The molecule has 0 saturated carbocycles. The molecule has 0 rings (SSSR count). The van der Waals surface area contributed by atoms with Crippen LogP contribution in [0, 0.1) is 0 Å². The number of ether oxygens (including phenoxy) is 1. The number of rotatable bonds is 61. The average molecular weight is 1130 g/mol. The zero-order valence-corrected chi connectivity index (χ0v) is 53.7. The Bertz CT molecular complexity index is 1540. The van der Waals surface area contributed by atoms with Gasteiger partial charge in [0.05, 0.1) is 33.8 Å². The molecule has 0 aliphatic carbocycles. The van der Waals surface area contributed by atoms with E-state index in [0.29, 0.717) is 17.4 Å². The summed E-state index contributed by atoms with van der Waals surface area (Å²) in [6, 6.07) is -0.891. The molecular formula is C69H129N2O7P. The van der Waals surface area contributed by atoms with Crippen molar-refractivity contribution in [3.8, 4) is 0 Å². The van der Waals surface area contributed by atoms with Crippen LogP contribution in [0.4, 0.5) is 0 Å². The lowest BCUT2D eigenvalue weighted by atomic mass is 10.0. The van der Waals surface area contributed by atoms with Crippen LogP contribution < -0.4 is 10.2 Å². The Balaban J connectivity index is 5.09. The number of allylic oxidation sites excluding steroid dienone is 9. The summed E-state index contributed by atoms with van der Waals surface area (Å²) in [5.41, 5.74) is 0. The van der Waals surface area contributed by atoms with Gasteiger partial charge in [-0.05, 0) is 96.0 Å². The maximum absolute atomic E-state index is 13.6. The smallest absolute Gasteiger partial charge is 0.306 e. The Morgan fingerprint density at radius 3 is 1.16 bits per heavy atom. The van der Waals surface area contributed by atoms with Crippen molar-refractivity contribution >= 4 is 19.7 Å². The second-order valence-corrected chi connectivity index (χ2v) is 25.4. The first-order chi connectivity index (χ1) is 38.4. The first-order valence-corrected chi connectivity index (χ1v) is 35.1. The van der Waals surface area contributed by atoms with Crippen molar-refractivity contribution in [2.75, 3.05) is 40.9 Å². The SMILES string of the molecule is CCCCC/C=C\C/C=C\CCCCCCCCCCCCCCCC(=O)NC(COP(=O)([O-])OCC[N+](C)(C)C)C(/C=C\CCCCCCCCCCC)OC(=O)CCCCCCCCCCC/C=C\C/C=C\CCCCC. The van der Waals surface area contributed by atoms with Crippen LogP contribution in [0.5, 0.6) is 0 Å². The molecule has 1 amide bonds. The van der Waals surface area contributed by atoms with Gasteiger partial charge in [-0.25, -0.2) is 0 Å². The van der Waals surface area contributed by atoms with Gasteiger partial charge in [-0.3, -0.25) is 14.2 Å². The van der Waals surface area contributed by atoms with Gasteiger partial charge in [0.2, 0.25) is 5.91 Å². The fraction of sp³-hybridized carbons (Fsp3) is 0.826. The predicted octanol–water partition coefficient (Wildman–Crippen LogP) is 20.4. The van der Waals surface area contributed by atoms with Crippen LogP contribution in [-0.2, 0) is 27.9 Å². The highest BCUT2D eigenvalue weighted by molar-refractivity contribution is 7.45. The highest BCUT2D eigenvalue weighted by Gasteiger charge is 2.27. The standard InChI is InChI=1S/C69H129N2O7P/c1-7-10-13-16-19-22-25-27-29-31-33-34-35-36-38-39-41-43-46-49-52-55-58-61-68(72)70-66(65-77-79(74,75)76-64-63-71(4,5)6)67(60-57-54-51-48-45-24-21-18-15-12-9-3)78-69(73)62-59-56-53-50-47-44-42-40-37-32-30-28-26-23-20-17-14-11-8-2/h19-20,22-23,27-30,57,60,66-67H,7-18,21,24-26,31-56,58-59,61-65H2,1-6H3,(H-,70,72,74,75)/b22-19-,23-20-,29-27-,30-28-,60-57-. The lowest BCUT2D eigenvalue weighted by molar-refractivity contribution is -0.870. The van der Waals surface area contributed by atoms with E-state index < -0.39 is 20.0 Å². The number of phosphoric acid groups is 1. The molecule has 0 bridgehead atoms. The molecule has 0 heterocycles. The third-order valence-corrected chi connectivity index (χ3v) is 15.9. The van der Waals surface area contributed by atoms with Crippen molar-refractivity contribution in [3.63, 3.8) is 0 Å². The van der Waals surface area contributed by atoms with Gasteiger partial charge in [-0.15, -0.1) is 0 Å². The van der Waals surface area contributed by atoms with Crippen molar-refractivity contribution in [1.29, 1.82) is 0 Å². The number of quaternary nitrogens is 1. The number of esters is 1. The van der Waals surface area contributed by atoms with Gasteiger partial charge in [0.15, 0.2) is 0 Å². The summed E-state index contributed by atoms with van der Waals surface area (Å²) in [5.74, 6) is -0.538. The summed E-state index contributed by atoms with van der Waals surface area (Å²) in [5, 5.41) is 3.04. The zero-order chi connectivity index (χ0) is 57.9. The number of nitrogens with one attached hydrogen (secondary N) is 1. The van der Waals surface area contributed by atoms with Gasteiger partial charge < -0.3 is 28.5 Å². The van der Waals surface area contributed by atoms with Crippen LogP contribution in [-0.4, -0.2) is 69.4 Å². The lowest BCUT2D eigenvalue weighted by Crippen LogP contribution is -2.47. The molecule has 1 N–H and O–H groups in total. The fourth-order valence-corrected chi connectivity index (χ4v) is 10.4. The third kappa shape index (κ3) is 60.1. The highest BCUT2D eigenvalue weighted by atomic mass is 31.2. The first-order valence-electron chi connectivity index (χ1n) is 33.6. The Kier molecular flexibility index (Phi) is 57.2. The second-order valence-electron chi connectivity index (χ2n) is 24.0. The van der Waals surface area contributed by atoms with Gasteiger partial charge in [-0.2, -0.15) is 0 Å². The zero-order valence-electron chi connectivity index (χ0n) is 52.8. The number of unbranched alkanes of at least 4 members (excludes halogenated alkanes) is 37. The molecule has 0 saturated heterocycles. The highest BCUT2D eigenvalue weighted by Crippen LogP contribution is 2.38. The van der Waals surface area contributed by atoms with Gasteiger partial charge in [0.25, 0.3) is 7.82 Å². The summed E-state index contributed by atoms with van der Waals surface area (Å²) >= 11 is 0. The van der Waals surface area contributed by atoms with E-state index in [-0.39, 0.29) is 31.5 Å². The van der Waals surface area contributed by atoms with Crippen LogP contribution in [0.25, 0.3) is 0 Å². The molecule has 0 aliphatic rings. The molecule has 0 radical (unpaired) electrons. The number of amides is 1. The number of carbonyl (C=O) groups is 2. The molecule has 0 aromatic heterocycles. The van der Waals surface area contributed by atoms with E-state index in [0.717, 1.165) is 70.6 Å². The van der Waals surface area contributed by atoms with Crippen LogP contribution in [0.1, 0.15) is 316 Å². The van der Waals surface area contributed by atoms with E-state index in [4.69, 9.17) is 13.8 Å². The number of hydrogen-bond acceptors (Lipinski definition) is 7. The second kappa shape index (κ2) is 58.9. The number of nitrogens with zero attached hydrogens (tertiary/aromatic N) is 1. The number of phosphoric ester groups is 1. The fourth-order valence-electron chi connectivity index (χ4n) is 9.70. The molecule has 3 atom stereocenters. The molecular weight excluding hydrogens is 1000 g/mol.